The molecule has 1 unspecified atom stereocenters. The van der Waals surface area contributed by atoms with Crippen LogP contribution >= 0.6 is 0 Å². The summed E-state index contributed by atoms with van der Waals surface area (Å²) in [7, 11) is 0. The van der Waals surface area contributed by atoms with Crippen molar-refractivity contribution in [3.05, 3.63) is 36.0 Å². The van der Waals surface area contributed by atoms with Gasteiger partial charge in [0, 0.05) is 6.92 Å². The van der Waals surface area contributed by atoms with Crippen molar-refractivity contribution in [3.8, 4) is 0 Å². The predicted octanol–water partition coefficient (Wildman–Crippen LogP) is 4.58. The molecule has 0 radical (unpaired) electrons. The fourth-order valence-corrected chi connectivity index (χ4v) is 2.17. The zero-order valence-corrected chi connectivity index (χ0v) is 12.7. The van der Waals surface area contributed by atoms with Gasteiger partial charge in [-0.1, -0.05) is 44.2 Å². The number of carbonyl (C=O) groups is 1. The van der Waals surface area contributed by atoms with E-state index in [4.69, 9.17) is 4.74 Å². The Morgan fingerprint density at radius 1 is 1.47 bits per heavy atom. The Morgan fingerprint density at radius 2 is 2.16 bits per heavy atom. The Hall–Kier alpha value is -1.31. The van der Waals surface area contributed by atoms with Crippen LogP contribution in [0.4, 0.5) is 0 Å². The second kappa shape index (κ2) is 6.74. The third kappa shape index (κ3) is 5.91. The van der Waals surface area contributed by atoms with Gasteiger partial charge >= 0.3 is 5.97 Å². The Balaban J connectivity index is 2.86. The summed E-state index contributed by atoms with van der Waals surface area (Å²) in [5, 5.41) is 0. The largest absolute Gasteiger partial charge is 0.458 e. The molecule has 0 aromatic rings. The van der Waals surface area contributed by atoms with E-state index in [1.807, 2.05) is 0 Å². The molecule has 0 N–H and O–H groups in total. The highest BCUT2D eigenvalue weighted by Gasteiger charge is 2.18. The molecule has 1 rings (SSSR count). The van der Waals surface area contributed by atoms with E-state index in [0.29, 0.717) is 0 Å². The normalized spacial score (nSPS) is 28.7. The molecule has 2 heteroatoms. The number of ether oxygens (including phenoxy) is 1. The monoisotopic (exact) mass is 262 g/mol. The molecule has 0 spiro atoms. The molecule has 2 nitrogen and oxygen atoms in total. The lowest BCUT2D eigenvalue weighted by Crippen LogP contribution is -2.18. The molecule has 0 saturated heterocycles. The number of carbonyl (C=O) groups excluding carboxylic acids is 1. The van der Waals surface area contributed by atoms with Gasteiger partial charge in [-0.15, -0.1) is 0 Å². The van der Waals surface area contributed by atoms with Crippen molar-refractivity contribution < 1.29 is 9.53 Å². The van der Waals surface area contributed by atoms with E-state index in [-0.39, 0.29) is 17.5 Å². The minimum Gasteiger partial charge on any atom is -0.458 e. The molecule has 1 aliphatic rings. The first-order valence-electron chi connectivity index (χ1n) is 6.98. The average molecular weight is 262 g/mol. The van der Waals surface area contributed by atoms with E-state index in [2.05, 4.69) is 45.6 Å². The first-order valence-corrected chi connectivity index (χ1v) is 6.98. The Kier molecular flexibility index (Phi) is 5.59. The quantitative estimate of drug-likeness (QED) is 0.511. The van der Waals surface area contributed by atoms with E-state index in [1.54, 1.807) is 0 Å². The minimum absolute atomic E-state index is 0.160. The fourth-order valence-electron chi connectivity index (χ4n) is 2.17. The molecule has 0 amide bonds. The van der Waals surface area contributed by atoms with E-state index < -0.39 is 0 Å². The van der Waals surface area contributed by atoms with E-state index in [0.717, 1.165) is 31.3 Å². The summed E-state index contributed by atoms with van der Waals surface area (Å²) in [6.45, 7) is 12.1. The van der Waals surface area contributed by atoms with Gasteiger partial charge in [0.25, 0.3) is 0 Å². The fraction of sp³-hybridized carbons (Fsp3) is 0.588. The highest BCUT2D eigenvalue weighted by Crippen LogP contribution is 2.27. The zero-order chi connectivity index (χ0) is 14.5. The summed E-state index contributed by atoms with van der Waals surface area (Å²) >= 11 is 0. The van der Waals surface area contributed by atoms with E-state index in [1.165, 1.54) is 12.5 Å². The highest BCUT2D eigenvalue weighted by molar-refractivity contribution is 5.66. The third-order valence-electron chi connectivity index (χ3n) is 3.49. The molecule has 0 aliphatic heterocycles. The van der Waals surface area contributed by atoms with Crippen LogP contribution in [0.15, 0.2) is 36.0 Å². The van der Waals surface area contributed by atoms with Gasteiger partial charge in [0.15, 0.2) is 0 Å². The molecule has 0 bridgehead atoms. The highest BCUT2D eigenvalue weighted by atomic mass is 16.5. The molecule has 0 aromatic heterocycles. The second-order valence-electron chi connectivity index (χ2n) is 6.14. The molecule has 0 aromatic carbocycles. The van der Waals surface area contributed by atoms with E-state index in [9.17, 15) is 4.79 Å². The summed E-state index contributed by atoms with van der Waals surface area (Å²) in [5.74, 6) is -0.230. The lowest BCUT2D eigenvalue weighted by Gasteiger charge is -2.19. The summed E-state index contributed by atoms with van der Waals surface area (Å²) in [6.07, 6.45) is 10.1. The summed E-state index contributed by atoms with van der Waals surface area (Å²) in [4.78, 5) is 11.2. The van der Waals surface area contributed by atoms with Crippen molar-refractivity contribution in [1.29, 1.82) is 0 Å². The Morgan fingerprint density at radius 3 is 2.79 bits per heavy atom. The number of rotatable bonds is 1. The minimum atomic E-state index is -0.230. The van der Waals surface area contributed by atoms with Gasteiger partial charge in [-0.25, -0.2) is 0 Å². The maximum atomic E-state index is 11.2. The van der Waals surface area contributed by atoms with Crippen LogP contribution in [0.5, 0.6) is 0 Å². The molecule has 1 atom stereocenters. The van der Waals surface area contributed by atoms with Gasteiger partial charge in [-0.05, 0) is 43.6 Å². The maximum Gasteiger partial charge on any atom is 0.303 e. The molecule has 0 saturated carbocycles. The first kappa shape index (κ1) is 15.7. The number of esters is 1. The summed E-state index contributed by atoms with van der Waals surface area (Å²) < 4.78 is 5.38. The van der Waals surface area contributed by atoms with Gasteiger partial charge < -0.3 is 4.74 Å². The van der Waals surface area contributed by atoms with Crippen LogP contribution < -0.4 is 0 Å². The van der Waals surface area contributed by atoms with Crippen LogP contribution in [-0.4, -0.2) is 12.1 Å². The lowest BCUT2D eigenvalue weighted by molar-refractivity contribution is -0.144. The van der Waals surface area contributed by atoms with Crippen molar-refractivity contribution in [3.63, 3.8) is 0 Å². The molecular weight excluding hydrogens is 236 g/mol. The van der Waals surface area contributed by atoms with Crippen LogP contribution in [0, 0.1) is 5.41 Å². The Bertz CT molecular complexity index is 399. The molecule has 106 valence electrons. The van der Waals surface area contributed by atoms with Gasteiger partial charge in [-0.3, -0.25) is 4.79 Å². The third-order valence-corrected chi connectivity index (χ3v) is 3.49. The predicted molar refractivity (Wildman–Crippen MR) is 79.8 cm³/mol. The lowest BCUT2D eigenvalue weighted by atomic mass is 9.87. The second-order valence-corrected chi connectivity index (χ2v) is 6.14. The van der Waals surface area contributed by atoms with Crippen LogP contribution in [0.1, 0.15) is 53.4 Å². The van der Waals surface area contributed by atoms with Crippen LogP contribution in [0.25, 0.3) is 0 Å². The van der Waals surface area contributed by atoms with Crippen LogP contribution in [-0.2, 0) is 9.53 Å². The summed E-state index contributed by atoms with van der Waals surface area (Å²) in [6, 6.07) is 0. The van der Waals surface area contributed by atoms with Crippen molar-refractivity contribution in [2.75, 3.05) is 0 Å². The molecular formula is C17H26O2. The standard InChI is InChI=1S/C17H26O2/c1-13-8-9-16(19-15(3)18)14(2)7-6-11-17(4,5)12-10-13/h6,10-11,16H,2,7-9,12H2,1,3-5H3/b11-6+,13-10+. The molecule has 19 heavy (non-hydrogen) atoms. The van der Waals surface area contributed by atoms with Crippen LogP contribution in [0.3, 0.4) is 0 Å². The molecule has 1 aliphatic carbocycles. The first-order chi connectivity index (χ1) is 8.80. The van der Waals surface area contributed by atoms with Crippen molar-refractivity contribution in [1.82, 2.24) is 0 Å². The smallest absolute Gasteiger partial charge is 0.303 e. The summed E-state index contributed by atoms with van der Waals surface area (Å²) in [5.41, 5.74) is 2.51. The van der Waals surface area contributed by atoms with Gasteiger partial charge in [0.05, 0.1) is 0 Å². The number of hydrogen-bond donors (Lipinski definition) is 0. The SMILES string of the molecule is C=C1C/C=C/C(C)(C)C/C=C(\C)CCC1OC(C)=O. The number of allylic oxidation sites excluding steroid dienone is 4. The van der Waals surface area contributed by atoms with Gasteiger partial charge in [0.1, 0.15) is 6.10 Å². The molecule has 0 heterocycles. The number of hydrogen-bond acceptors (Lipinski definition) is 2. The van der Waals surface area contributed by atoms with Crippen molar-refractivity contribution >= 4 is 5.97 Å². The average Bonchev–Trinajstić information content (AvgIpc) is 2.31. The Labute approximate surface area is 117 Å². The van der Waals surface area contributed by atoms with Crippen molar-refractivity contribution in [2.24, 2.45) is 5.41 Å². The topological polar surface area (TPSA) is 26.3 Å². The maximum absolute atomic E-state index is 11.2. The van der Waals surface area contributed by atoms with E-state index >= 15 is 0 Å². The van der Waals surface area contributed by atoms with Crippen molar-refractivity contribution in [2.45, 2.75) is 59.5 Å². The van der Waals surface area contributed by atoms with Gasteiger partial charge in [-0.2, -0.15) is 0 Å². The molecule has 0 fully saturated rings. The zero-order valence-electron chi connectivity index (χ0n) is 12.7. The van der Waals surface area contributed by atoms with Gasteiger partial charge in [0.2, 0.25) is 0 Å². The van der Waals surface area contributed by atoms with Crippen LogP contribution in [0.2, 0.25) is 0 Å².